The monoisotopic (exact) mass is 603 g/mol. The summed E-state index contributed by atoms with van der Waals surface area (Å²) in [4.78, 5) is 20.3. The molecule has 0 aliphatic heterocycles. The molecule has 0 radical (unpaired) electrons. The number of aliphatic imine (C=N–C) groups is 1. The molecule has 5 aromatic rings. The fourth-order valence-electron chi connectivity index (χ4n) is 5.88. The van der Waals surface area contributed by atoms with Crippen molar-refractivity contribution >= 4 is 33.5 Å². The first-order valence-electron chi connectivity index (χ1n) is 15.2. The molecule has 1 unspecified atom stereocenters. The molecule has 4 N–H and O–H groups in total. The molecule has 7 nitrogen and oxygen atoms in total. The number of nitrogens with one attached hydrogen (secondary N) is 2. The Morgan fingerprint density at radius 3 is 2.55 bits per heavy atom. The van der Waals surface area contributed by atoms with Crippen LogP contribution in [0.5, 0.6) is 0 Å². The molecule has 1 aliphatic carbocycles. The highest BCUT2D eigenvalue weighted by Crippen LogP contribution is 2.34. The Bertz CT molecular complexity index is 1720. The van der Waals surface area contributed by atoms with Crippen LogP contribution in [0.2, 0.25) is 0 Å². The van der Waals surface area contributed by atoms with Crippen molar-refractivity contribution in [2.24, 2.45) is 10.7 Å². The van der Waals surface area contributed by atoms with Crippen LogP contribution in [-0.2, 0) is 26.1 Å². The molecule has 6 rings (SSSR count). The van der Waals surface area contributed by atoms with Gasteiger partial charge in [-0.1, -0.05) is 72.3 Å². The predicted molar refractivity (Wildman–Crippen MR) is 180 cm³/mol. The number of aryl methyl sites for hydroxylation is 1. The molecule has 224 valence electrons. The average Bonchev–Trinajstić information content (AvgIpc) is 3.46. The van der Waals surface area contributed by atoms with Crippen molar-refractivity contribution < 1.29 is 0 Å². The van der Waals surface area contributed by atoms with Crippen molar-refractivity contribution in [3.05, 3.63) is 137 Å². The van der Waals surface area contributed by atoms with Gasteiger partial charge in [0.1, 0.15) is 11.0 Å². The Balaban J connectivity index is 1.14. The second kappa shape index (κ2) is 14.0. The van der Waals surface area contributed by atoms with Crippen molar-refractivity contribution in [2.45, 2.75) is 51.9 Å². The van der Waals surface area contributed by atoms with Gasteiger partial charge in [-0.05, 0) is 73.2 Å². The normalized spacial score (nSPS) is 15.8. The lowest BCUT2D eigenvalue weighted by atomic mass is 9.90. The Hall–Kier alpha value is -4.30. The van der Waals surface area contributed by atoms with E-state index in [1.54, 1.807) is 0 Å². The van der Waals surface area contributed by atoms with Crippen molar-refractivity contribution in [3.8, 4) is 0 Å². The maximum atomic E-state index is 6.56. The highest BCUT2D eigenvalue weighted by molar-refractivity contribution is 6.70. The molecule has 1 atom stereocenters. The average molecular weight is 604 g/mol. The highest BCUT2D eigenvalue weighted by Gasteiger charge is 2.28. The number of halogens is 1. The van der Waals surface area contributed by atoms with Crippen molar-refractivity contribution in [2.75, 3.05) is 6.54 Å². The number of pyridine rings is 1. The summed E-state index contributed by atoms with van der Waals surface area (Å²) in [5.74, 6) is 0.976. The van der Waals surface area contributed by atoms with E-state index < -0.39 is 0 Å². The Morgan fingerprint density at radius 2 is 1.75 bits per heavy atom. The molecule has 0 saturated heterocycles. The third-order valence-electron chi connectivity index (χ3n) is 8.15. The van der Waals surface area contributed by atoms with Crippen molar-refractivity contribution in [1.29, 1.82) is 0 Å². The molecule has 2 aromatic heterocycles. The van der Waals surface area contributed by atoms with Crippen LogP contribution in [0, 0.1) is 0 Å². The number of allylic oxidation sites excluding steroid dienone is 1. The largest absolute Gasteiger partial charge is 0.402 e. The van der Waals surface area contributed by atoms with Gasteiger partial charge >= 0.3 is 0 Å². The SMILES string of the molecule is CC(N)=C(CNCc1ccc(CN(Cc2nc3ccccc3[nH]2)C2CCCc3cccnc32)cc1)C(Cl)=Nc1ccccc1. The smallest absolute Gasteiger partial charge is 0.135 e. The number of fused-ring (bicyclic) bond motifs is 2. The van der Waals surface area contributed by atoms with E-state index in [1.807, 2.05) is 55.6 Å². The van der Waals surface area contributed by atoms with Crippen molar-refractivity contribution in [3.63, 3.8) is 0 Å². The summed E-state index contributed by atoms with van der Waals surface area (Å²) in [6, 6.07) is 31.2. The highest BCUT2D eigenvalue weighted by atomic mass is 35.5. The predicted octanol–water partition coefficient (Wildman–Crippen LogP) is 7.33. The first kappa shape index (κ1) is 29.8. The van der Waals surface area contributed by atoms with Gasteiger partial charge < -0.3 is 16.0 Å². The van der Waals surface area contributed by atoms with Gasteiger partial charge in [0.2, 0.25) is 0 Å². The van der Waals surface area contributed by atoms with Crippen molar-refractivity contribution in [1.82, 2.24) is 25.2 Å². The molecule has 0 bridgehead atoms. The van der Waals surface area contributed by atoms with Gasteiger partial charge in [-0.3, -0.25) is 9.88 Å². The second-order valence-corrected chi connectivity index (χ2v) is 11.7. The number of rotatable bonds is 11. The summed E-state index contributed by atoms with van der Waals surface area (Å²) >= 11 is 6.56. The number of para-hydroxylation sites is 3. The van der Waals surface area contributed by atoms with E-state index in [2.05, 4.69) is 68.7 Å². The third kappa shape index (κ3) is 7.25. The van der Waals surface area contributed by atoms with E-state index in [0.29, 0.717) is 24.0 Å². The zero-order valence-electron chi connectivity index (χ0n) is 25.0. The van der Waals surface area contributed by atoms with Gasteiger partial charge in [-0.2, -0.15) is 0 Å². The maximum absolute atomic E-state index is 6.56. The van der Waals surface area contributed by atoms with Gasteiger partial charge in [-0.15, -0.1) is 0 Å². The molecule has 2 heterocycles. The van der Waals surface area contributed by atoms with E-state index in [-0.39, 0.29) is 6.04 Å². The molecular weight excluding hydrogens is 566 g/mol. The molecule has 0 amide bonds. The first-order valence-corrected chi connectivity index (χ1v) is 15.6. The number of imidazole rings is 1. The number of aromatic nitrogens is 3. The van der Waals surface area contributed by atoms with Gasteiger partial charge in [0.25, 0.3) is 0 Å². The van der Waals surface area contributed by atoms with Crippen LogP contribution in [-0.4, -0.2) is 31.6 Å². The fourth-order valence-corrected chi connectivity index (χ4v) is 6.19. The lowest BCUT2D eigenvalue weighted by Gasteiger charge is -2.34. The molecule has 3 aromatic carbocycles. The summed E-state index contributed by atoms with van der Waals surface area (Å²) in [6.07, 6.45) is 5.25. The summed E-state index contributed by atoms with van der Waals surface area (Å²) in [5.41, 5.74) is 15.5. The summed E-state index contributed by atoms with van der Waals surface area (Å²) < 4.78 is 0. The number of nitrogens with zero attached hydrogens (tertiary/aromatic N) is 4. The molecular formula is C36H38ClN7. The lowest BCUT2D eigenvalue weighted by molar-refractivity contribution is 0.153. The minimum Gasteiger partial charge on any atom is -0.402 e. The lowest BCUT2D eigenvalue weighted by Crippen LogP contribution is -2.31. The van der Waals surface area contributed by atoms with E-state index in [0.717, 1.165) is 60.5 Å². The Morgan fingerprint density at radius 1 is 0.977 bits per heavy atom. The molecule has 0 saturated carbocycles. The van der Waals surface area contributed by atoms with E-state index in [4.69, 9.17) is 27.3 Å². The van der Waals surface area contributed by atoms with Crippen LogP contribution in [0.3, 0.4) is 0 Å². The second-order valence-electron chi connectivity index (χ2n) is 11.4. The number of H-pyrrole nitrogens is 1. The maximum Gasteiger partial charge on any atom is 0.135 e. The molecule has 0 fully saturated rings. The molecule has 0 spiro atoms. The van der Waals surface area contributed by atoms with Crippen LogP contribution in [0.25, 0.3) is 11.0 Å². The van der Waals surface area contributed by atoms with Crippen LogP contribution in [0.15, 0.2) is 113 Å². The number of hydrogen-bond donors (Lipinski definition) is 3. The quantitative estimate of drug-likeness (QED) is 0.137. The Kier molecular flexibility index (Phi) is 9.46. The summed E-state index contributed by atoms with van der Waals surface area (Å²) in [7, 11) is 0. The Labute approximate surface area is 263 Å². The minimum absolute atomic E-state index is 0.238. The third-order valence-corrected chi connectivity index (χ3v) is 8.46. The number of aromatic amines is 1. The zero-order chi connectivity index (χ0) is 30.3. The van der Waals surface area contributed by atoms with Crippen LogP contribution >= 0.6 is 11.6 Å². The van der Waals surface area contributed by atoms with Gasteiger partial charge in [0.05, 0.1) is 35.0 Å². The number of nitrogens with two attached hydrogens (primary N) is 1. The summed E-state index contributed by atoms with van der Waals surface area (Å²) in [5, 5.41) is 3.89. The standard InChI is InChI=1S/C36H38ClN7/c1-25(38)30(36(37)41-29-11-3-2-4-12-29)22-39-21-26-16-18-27(19-17-26)23-44(24-34-42-31-13-5-6-14-32(31)43-34)33-15-7-9-28-10-8-20-40-35(28)33/h2-6,8,10-14,16-20,33,39H,7,9,15,21-24,38H2,1H3,(H,42,43). The van der Waals surface area contributed by atoms with Crippen LogP contribution in [0.1, 0.15) is 54.0 Å². The number of benzene rings is 3. The molecule has 44 heavy (non-hydrogen) atoms. The summed E-state index contributed by atoms with van der Waals surface area (Å²) in [6.45, 7) is 4.59. The van der Waals surface area contributed by atoms with E-state index in [1.165, 1.54) is 22.4 Å². The van der Waals surface area contributed by atoms with Gasteiger partial charge in [0.15, 0.2) is 0 Å². The number of hydrogen-bond acceptors (Lipinski definition) is 6. The van der Waals surface area contributed by atoms with Gasteiger partial charge in [-0.25, -0.2) is 9.98 Å². The zero-order valence-corrected chi connectivity index (χ0v) is 25.8. The molecule has 1 aliphatic rings. The molecule has 8 heteroatoms. The minimum atomic E-state index is 0.238. The topological polar surface area (TPSA) is 95.2 Å². The van der Waals surface area contributed by atoms with E-state index in [9.17, 15) is 0 Å². The van der Waals surface area contributed by atoms with Crippen LogP contribution in [0.4, 0.5) is 5.69 Å². The van der Waals surface area contributed by atoms with Gasteiger partial charge in [0, 0.05) is 37.1 Å². The van der Waals surface area contributed by atoms with E-state index >= 15 is 0 Å². The fraction of sp³-hybridized carbons (Fsp3) is 0.250. The van der Waals surface area contributed by atoms with Crippen LogP contribution < -0.4 is 11.1 Å². The first-order chi connectivity index (χ1) is 21.5.